The molecule has 0 heterocycles. The fourth-order valence-electron chi connectivity index (χ4n) is 1.46. The minimum Gasteiger partial charge on any atom is -0.0990 e. The van der Waals surface area contributed by atoms with Crippen molar-refractivity contribution in [3.8, 4) is 0 Å². The van der Waals surface area contributed by atoms with Gasteiger partial charge in [0.1, 0.15) is 0 Å². The molecular weight excluding hydrogens is 120 g/mol. The molecule has 10 heavy (non-hydrogen) atoms. The molecular formula is C10H16. The lowest BCUT2D eigenvalue weighted by atomic mass is 9.76. The van der Waals surface area contributed by atoms with E-state index in [0.717, 1.165) is 0 Å². The second-order valence-electron chi connectivity index (χ2n) is 3.82. The maximum atomic E-state index is 4.06. The number of rotatable bonds is 0. The zero-order valence-corrected chi connectivity index (χ0v) is 7.20. The van der Waals surface area contributed by atoms with Gasteiger partial charge < -0.3 is 0 Å². The van der Waals surface area contributed by atoms with Gasteiger partial charge in [-0.25, -0.2) is 0 Å². The second-order valence-corrected chi connectivity index (χ2v) is 3.82. The van der Waals surface area contributed by atoms with Gasteiger partial charge in [-0.05, 0) is 19.8 Å². The molecule has 56 valence electrons. The first-order chi connectivity index (χ1) is 4.52. The molecule has 0 saturated carbocycles. The van der Waals surface area contributed by atoms with Crippen LogP contribution >= 0.6 is 0 Å². The van der Waals surface area contributed by atoms with Gasteiger partial charge in [-0.15, -0.1) is 0 Å². The van der Waals surface area contributed by atoms with Crippen molar-refractivity contribution in [2.75, 3.05) is 0 Å². The fraction of sp³-hybridized carbons (Fsp3) is 0.600. The summed E-state index contributed by atoms with van der Waals surface area (Å²) in [7, 11) is 0. The zero-order valence-electron chi connectivity index (χ0n) is 7.20. The van der Waals surface area contributed by atoms with Crippen LogP contribution in [0, 0.1) is 5.41 Å². The second kappa shape index (κ2) is 2.26. The number of hydrogen-bond acceptors (Lipinski definition) is 0. The summed E-state index contributed by atoms with van der Waals surface area (Å²) in [6.07, 6.45) is 4.72. The van der Waals surface area contributed by atoms with Crippen molar-refractivity contribution in [1.29, 1.82) is 0 Å². The highest BCUT2D eigenvalue weighted by Crippen LogP contribution is 2.36. The van der Waals surface area contributed by atoms with Crippen LogP contribution in [-0.2, 0) is 0 Å². The summed E-state index contributed by atoms with van der Waals surface area (Å²) < 4.78 is 0. The Morgan fingerprint density at radius 3 is 2.40 bits per heavy atom. The molecule has 0 aromatic rings. The van der Waals surface area contributed by atoms with Gasteiger partial charge in [-0.3, -0.25) is 0 Å². The van der Waals surface area contributed by atoms with E-state index in [1.54, 1.807) is 0 Å². The quantitative estimate of drug-likeness (QED) is 0.448. The Morgan fingerprint density at radius 2 is 2.00 bits per heavy atom. The lowest BCUT2D eigenvalue weighted by Crippen LogP contribution is -2.15. The summed E-state index contributed by atoms with van der Waals surface area (Å²) in [5.41, 5.74) is 3.14. The predicted molar refractivity (Wildman–Crippen MR) is 45.9 cm³/mol. The van der Waals surface area contributed by atoms with Gasteiger partial charge in [0.15, 0.2) is 0 Å². The van der Waals surface area contributed by atoms with E-state index in [2.05, 4.69) is 33.4 Å². The van der Waals surface area contributed by atoms with Gasteiger partial charge in [0.05, 0.1) is 0 Å². The highest BCUT2D eigenvalue weighted by molar-refractivity contribution is 5.24. The van der Waals surface area contributed by atoms with Crippen LogP contribution in [0.2, 0.25) is 0 Å². The van der Waals surface area contributed by atoms with Crippen LogP contribution in [0.25, 0.3) is 0 Å². The predicted octanol–water partition coefficient (Wildman–Crippen LogP) is 3.31. The molecule has 0 atom stereocenters. The largest absolute Gasteiger partial charge is 0.0990 e. The zero-order chi connectivity index (χ0) is 7.78. The van der Waals surface area contributed by atoms with Crippen LogP contribution in [0.15, 0.2) is 23.8 Å². The van der Waals surface area contributed by atoms with Gasteiger partial charge in [-0.2, -0.15) is 0 Å². The van der Waals surface area contributed by atoms with E-state index < -0.39 is 0 Å². The van der Waals surface area contributed by atoms with Crippen molar-refractivity contribution in [1.82, 2.24) is 0 Å². The first-order valence-corrected chi connectivity index (χ1v) is 3.89. The third-order valence-electron chi connectivity index (χ3n) is 2.34. The standard InChI is InChI=1S/C10H16/c1-8-5-6-9(2)10(3,4)7-8/h7H,2,5-6H2,1,3-4H3. The molecule has 0 aromatic heterocycles. The Labute approximate surface area is 63.6 Å². The number of allylic oxidation sites excluding steroid dienone is 3. The highest BCUT2D eigenvalue weighted by atomic mass is 14.3. The molecule has 0 saturated heterocycles. The third-order valence-corrected chi connectivity index (χ3v) is 2.34. The SMILES string of the molecule is C=C1CCC(C)=CC1(C)C. The summed E-state index contributed by atoms with van der Waals surface area (Å²) in [6.45, 7) is 10.7. The number of hydrogen-bond donors (Lipinski definition) is 0. The van der Waals surface area contributed by atoms with Gasteiger partial charge in [-0.1, -0.05) is 37.6 Å². The lowest BCUT2D eigenvalue weighted by Gasteiger charge is -2.29. The third kappa shape index (κ3) is 1.31. The van der Waals surface area contributed by atoms with Gasteiger partial charge in [0, 0.05) is 5.41 Å². The summed E-state index contributed by atoms with van der Waals surface area (Å²) in [4.78, 5) is 0. The monoisotopic (exact) mass is 136 g/mol. The molecule has 1 rings (SSSR count). The van der Waals surface area contributed by atoms with Crippen molar-refractivity contribution in [3.63, 3.8) is 0 Å². The molecule has 0 spiro atoms. The molecule has 0 radical (unpaired) electrons. The maximum absolute atomic E-state index is 4.06. The minimum absolute atomic E-state index is 0.252. The molecule has 0 bridgehead atoms. The van der Waals surface area contributed by atoms with E-state index in [4.69, 9.17) is 0 Å². The first kappa shape index (κ1) is 7.59. The fourth-order valence-corrected chi connectivity index (χ4v) is 1.46. The van der Waals surface area contributed by atoms with Crippen LogP contribution in [0.3, 0.4) is 0 Å². The van der Waals surface area contributed by atoms with Crippen LogP contribution in [0.1, 0.15) is 33.6 Å². The summed E-state index contributed by atoms with van der Waals surface area (Å²) >= 11 is 0. The Kier molecular flexibility index (Phi) is 1.72. The molecule has 0 unspecified atom stereocenters. The van der Waals surface area contributed by atoms with Gasteiger partial charge in [0.25, 0.3) is 0 Å². The van der Waals surface area contributed by atoms with E-state index in [1.165, 1.54) is 24.0 Å². The van der Waals surface area contributed by atoms with E-state index in [1.807, 2.05) is 0 Å². The molecule has 0 amide bonds. The minimum atomic E-state index is 0.252. The smallest absolute Gasteiger partial charge is 0.00342 e. The molecule has 0 aromatic carbocycles. The van der Waals surface area contributed by atoms with Crippen LogP contribution in [-0.4, -0.2) is 0 Å². The average Bonchev–Trinajstić information content (AvgIpc) is 1.78. The summed E-state index contributed by atoms with van der Waals surface area (Å²) in [6, 6.07) is 0. The molecule has 1 aliphatic rings. The molecule has 0 aliphatic heterocycles. The van der Waals surface area contributed by atoms with E-state index >= 15 is 0 Å². The average molecular weight is 136 g/mol. The lowest BCUT2D eigenvalue weighted by molar-refractivity contribution is 0.524. The van der Waals surface area contributed by atoms with Crippen LogP contribution in [0.5, 0.6) is 0 Å². The first-order valence-electron chi connectivity index (χ1n) is 3.89. The summed E-state index contributed by atoms with van der Waals surface area (Å²) in [5.74, 6) is 0. The molecule has 0 nitrogen and oxygen atoms in total. The van der Waals surface area contributed by atoms with E-state index in [9.17, 15) is 0 Å². The van der Waals surface area contributed by atoms with Crippen molar-refractivity contribution < 1.29 is 0 Å². The van der Waals surface area contributed by atoms with Crippen LogP contribution < -0.4 is 0 Å². The molecule has 0 N–H and O–H groups in total. The summed E-state index contributed by atoms with van der Waals surface area (Å²) in [5, 5.41) is 0. The normalized spacial score (nSPS) is 24.3. The van der Waals surface area contributed by atoms with Gasteiger partial charge in [0.2, 0.25) is 0 Å². The molecule has 0 fully saturated rings. The maximum Gasteiger partial charge on any atom is 0.00342 e. The Bertz CT molecular complexity index is 182. The van der Waals surface area contributed by atoms with Gasteiger partial charge >= 0.3 is 0 Å². The highest BCUT2D eigenvalue weighted by Gasteiger charge is 2.22. The topological polar surface area (TPSA) is 0 Å². The molecule has 0 heteroatoms. The van der Waals surface area contributed by atoms with E-state index in [-0.39, 0.29) is 5.41 Å². The van der Waals surface area contributed by atoms with Crippen molar-refractivity contribution in [2.24, 2.45) is 5.41 Å². The Balaban J connectivity index is 2.89. The van der Waals surface area contributed by atoms with E-state index in [0.29, 0.717) is 0 Å². The Hall–Kier alpha value is -0.520. The van der Waals surface area contributed by atoms with Crippen molar-refractivity contribution in [2.45, 2.75) is 33.6 Å². The van der Waals surface area contributed by atoms with Crippen LogP contribution in [0.4, 0.5) is 0 Å². The van der Waals surface area contributed by atoms with Crippen molar-refractivity contribution in [3.05, 3.63) is 23.8 Å². The van der Waals surface area contributed by atoms with Crippen molar-refractivity contribution >= 4 is 0 Å². The molecule has 1 aliphatic carbocycles. The Morgan fingerprint density at radius 1 is 1.40 bits per heavy atom.